The van der Waals surface area contributed by atoms with Crippen LogP contribution in [0.3, 0.4) is 0 Å². The third-order valence-corrected chi connectivity index (χ3v) is 3.21. The molecule has 0 aliphatic heterocycles. The van der Waals surface area contributed by atoms with Gasteiger partial charge in [-0.2, -0.15) is 0 Å². The van der Waals surface area contributed by atoms with Crippen LogP contribution in [-0.2, 0) is 6.42 Å². The van der Waals surface area contributed by atoms with Gasteiger partial charge in [-0.3, -0.25) is 0 Å². The van der Waals surface area contributed by atoms with Crippen molar-refractivity contribution in [2.24, 2.45) is 5.73 Å². The van der Waals surface area contributed by atoms with E-state index in [1.165, 1.54) is 12.1 Å². The van der Waals surface area contributed by atoms with Crippen molar-refractivity contribution in [1.82, 2.24) is 9.97 Å². The maximum Gasteiger partial charge on any atom is 0.160 e. The molecule has 1 heterocycles. The van der Waals surface area contributed by atoms with Gasteiger partial charge in [-0.25, -0.2) is 14.4 Å². The predicted molar refractivity (Wildman–Crippen MR) is 74.4 cm³/mol. The summed E-state index contributed by atoms with van der Waals surface area (Å²) in [6.07, 6.45) is 5.12. The second-order valence-electron chi connectivity index (χ2n) is 4.41. The molecule has 2 rings (SSSR count). The number of aromatic nitrogens is 2. The molecule has 0 aliphatic rings. The number of nitrogens with two attached hydrogens (primary N) is 1. The summed E-state index contributed by atoms with van der Waals surface area (Å²) in [4.78, 5) is 8.51. The van der Waals surface area contributed by atoms with Crippen molar-refractivity contribution in [3.8, 4) is 11.4 Å². The van der Waals surface area contributed by atoms with E-state index in [4.69, 9.17) is 17.3 Å². The Balaban J connectivity index is 2.22. The van der Waals surface area contributed by atoms with E-state index >= 15 is 0 Å². The van der Waals surface area contributed by atoms with Crippen molar-refractivity contribution in [3.63, 3.8) is 0 Å². The fourth-order valence-corrected chi connectivity index (χ4v) is 1.97. The summed E-state index contributed by atoms with van der Waals surface area (Å²) in [5.74, 6) is 0.109. The van der Waals surface area contributed by atoms with Crippen LogP contribution in [0.2, 0.25) is 5.02 Å². The van der Waals surface area contributed by atoms with Crippen LogP contribution < -0.4 is 5.73 Å². The van der Waals surface area contributed by atoms with Gasteiger partial charge in [0.15, 0.2) is 5.82 Å². The monoisotopic (exact) mass is 279 g/mol. The highest BCUT2D eigenvalue weighted by Gasteiger charge is 2.08. The zero-order valence-corrected chi connectivity index (χ0v) is 11.4. The number of hydrogen-bond donors (Lipinski definition) is 1. The van der Waals surface area contributed by atoms with E-state index in [1.807, 2.05) is 6.92 Å². The van der Waals surface area contributed by atoms with Gasteiger partial charge in [-0.05, 0) is 36.6 Å². The average Bonchev–Trinajstić information content (AvgIpc) is 2.40. The van der Waals surface area contributed by atoms with E-state index < -0.39 is 0 Å². The zero-order chi connectivity index (χ0) is 13.8. The molecule has 5 heteroatoms. The van der Waals surface area contributed by atoms with E-state index in [2.05, 4.69) is 9.97 Å². The predicted octanol–water partition coefficient (Wildman–Crippen LogP) is 3.22. The van der Waals surface area contributed by atoms with Crippen LogP contribution in [0.4, 0.5) is 4.39 Å². The Morgan fingerprint density at radius 2 is 2.00 bits per heavy atom. The second-order valence-corrected chi connectivity index (χ2v) is 4.82. The number of halogens is 2. The molecule has 0 radical (unpaired) electrons. The maximum atomic E-state index is 13.0. The van der Waals surface area contributed by atoms with Crippen LogP contribution in [0.5, 0.6) is 0 Å². The molecule has 2 N–H and O–H groups in total. The van der Waals surface area contributed by atoms with E-state index in [0.29, 0.717) is 16.4 Å². The van der Waals surface area contributed by atoms with Gasteiger partial charge in [0.2, 0.25) is 0 Å². The Morgan fingerprint density at radius 3 is 2.58 bits per heavy atom. The number of rotatable bonds is 4. The molecule has 0 saturated carbocycles. The van der Waals surface area contributed by atoms with Crippen LogP contribution in [0.15, 0.2) is 30.6 Å². The van der Waals surface area contributed by atoms with Gasteiger partial charge in [-0.1, -0.05) is 18.5 Å². The molecule has 3 nitrogen and oxygen atoms in total. The Hall–Kier alpha value is -1.52. The van der Waals surface area contributed by atoms with Crippen LogP contribution in [-0.4, -0.2) is 16.0 Å². The van der Waals surface area contributed by atoms with E-state index in [0.717, 1.165) is 18.4 Å². The molecule has 0 bridgehead atoms. The van der Waals surface area contributed by atoms with Crippen LogP contribution in [0, 0.1) is 5.82 Å². The lowest BCUT2D eigenvalue weighted by molar-refractivity contribution is 0.628. The van der Waals surface area contributed by atoms with Gasteiger partial charge in [-0.15, -0.1) is 0 Å². The highest BCUT2D eigenvalue weighted by Crippen LogP contribution is 2.25. The first kappa shape index (κ1) is 13.9. The third kappa shape index (κ3) is 3.49. The maximum absolute atomic E-state index is 13.0. The highest BCUT2D eigenvalue weighted by atomic mass is 35.5. The molecular weight excluding hydrogens is 265 g/mol. The van der Waals surface area contributed by atoms with Gasteiger partial charge < -0.3 is 5.73 Å². The minimum absolute atomic E-state index is 0.115. The first-order chi connectivity index (χ1) is 9.10. The van der Waals surface area contributed by atoms with Crippen molar-refractivity contribution >= 4 is 11.6 Å². The summed E-state index contributed by atoms with van der Waals surface area (Å²) < 4.78 is 13.0. The lowest BCUT2D eigenvalue weighted by Crippen LogP contribution is -2.21. The van der Waals surface area contributed by atoms with Gasteiger partial charge in [0, 0.05) is 24.0 Å². The normalized spacial score (nSPS) is 12.4. The number of benzene rings is 1. The summed E-state index contributed by atoms with van der Waals surface area (Å²) in [7, 11) is 0. The molecular formula is C14H15ClFN3. The van der Waals surface area contributed by atoms with Gasteiger partial charge in [0.1, 0.15) is 5.82 Å². The molecule has 1 atom stereocenters. The summed E-state index contributed by atoms with van der Waals surface area (Å²) in [6.45, 7) is 2.04. The van der Waals surface area contributed by atoms with Gasteiger partial charge in [0.25, 0.3) is 0 Å². The van der Waals surface area contributed by atoms with Crippen LogP contribution in [0.25, 0.3) is 11.4 Å². The molecule has 0 fully saturated rings. The summed E-state index contributed by atoms with van der Waals surface area (Å²) in [5.41, 5.74) is 7.48. The van der Waals surface area contributed by atoms with Crippen molar-refractivity contribution in [2.75, 3.05) is 0 Å². The third-order valence-electron chi connectivity index (χ3n) is 2.90. The minimum Gasteiger partial charge on any atom is -0.327 e. The summed E-state index contributed by atoms with van der Waals surface area (Å²) in [6, 6.07) is 4.28. The van der Waals surface area contributed by atoms with Gasteiger partial charge >= 0.3 is 0 Å². The highest BCUT2D eigenvalue weighted by molar-refractivity contribution is 6.33. The standard InChI is InChI=1S/C14H15ClFN3/c1-2-11(17)5-9-7-18-14(19-8-9)12-4-3-10(16)6-13(12)15/h3-4,6-8,11H,2,5,17H2,1H3. The average molecular weight is 280 g/mol. The van der Waals surface area contributed by atoms with E-state index in [1.54, 1.807) is 18.5 Å². The minimum atomic E-state index is -0.376. The summed E-state index contributed by atoms with van der Waals surface area (Å²) >= 11 is 5.97. The lowest BCUT2D eigenvalue weighted by atomic mass is 10.1. The van der Waals surface area contributed by atoms with Crippen LogP contribution in [0.1, 0.15) is 18.9 Å². The second kappa shape index (κ2) is 6.08. The fourth-order valence-electron chi connectivity index (χ4n) is 1.72. The molecule has 0 saturated heterocycles. The molecule has 19 heavy (non-hydrogen) atoms. The van der Waals surface area contributed by atoms with Gasteiger partial charge in [0.05, 0.1) is 5.02 Å². The SMILES string of the molecule is CCC(N)Cc1cnc(-c2ccc(F)cc2Cl)nc1. The van der Waals surface area contributed by atoms with Crippen LogP contribution >= 0.6 is 11.6 Å². The van der Waals surface area contributed by atoms with Crippen molar-refractivity contribution in [1.29, 1.82) is 0 Å². The molecule has 1 unspecified atom stereocenters. The zero-order valence-electron chi connectivity index (χ0n) is 10.6. The van der Waals surface area contributed by atoms with Crippen molar-refractivity contribution in [3.05, 3.63) is 47.0 Å². The Labute approximate surface area is 116 Å². The smallest absolute Gasteiger partial charge is 0.160 e. The number of nitrogens with zero attached hydrogens (tertiary/aromatic N) is 2. The largest absolute Gasteiger partial charge is 0.327 e. The lowest BCUT2D eigenvalue weighted by Gasteiger charge is -2.08. The molecule has 2 aromatic rings. The molecule has 1 aromatic carbocycles. The molecule has 0 amide bonds. The van der Waals surface area contributed by atoms with E-state index in [9.17, 15) is 4.39 Å². The first-order valence-electron chi connectivity index (χ1n) is 6.12. The molecule has 100 valence electrons. The molecule has 1 aromatic heterocycles. The molecule has 0 aliphatic carbocycles. The number of hydrogen-bond acceptors (Lipinski definition) is 3. The molecule has 0 spiro atoms. The van der Waals surface area contributed by atoms with Crippen molar-refractivity contribution in [2.45, 2.75) is 25.8 Å². The first-order valence-corrected chi connectivity index (χ1v) is 6.50. The fraction of sp³-hybridized carbons (Fsp3) is 0.286. The Morgan fingerprint density at radius 1 is 1.32 bits per heavy atom. The topological polar surface area (TPSA) is 51.8 Å². The van der Waals surface area contributed by atoms with Crippen molar-refractivity contribution < 1.29 is 4.39 Å². The quantitative estimate of drug-likeness (QED) is 0.935. The summed E-state index contributed by atoms with van der Waals surface area (Å²) in [5, 5.41) is 0.304. The Bertz CT molecular complexity index is 557. The Kier molecular flexibility index (Phi) is 4.45. The van der Waals surface area contributed by atoms with E-state index in [-0.39, 0.29) is 11.9 Å².